The molecule has 7 nitrogen and oxygen atoms in total. The van der Waals surface area contributed by atoms with Crippen molar-refractivity contribution in [1.82, 2.24) is 5.43 Å². The molecule has 0 heterocycles. The van der Waals surface area contributed by atoms with Gasteiger partial charge in [-0.05, 0) is 49.4 Å². The van der Waals surface area contributed by atoms with Crippen LogP contribution in [0.1, 0.15) is 6.92 Å². The summed E-state index contributed by atoms with van der Waals surface area (Å²) in [6.07, 6.45) is -0.771. The number of halogens is 2. The molecule has 2 rings (SSSR count). The summed E-state index contributed by atoms with van der Waals surface area (Å²) in [5, 5.41) is 4.29. The van der Waals surface area contributed by atoms with E-state index >= 15 is 0 Å². The molecule has 0 saturated carbocycles. The summed E-state index contributed by atoms with van der Waals surface area (Å²) < 4.78 is 9.93. The van der Waals surface area contributed by atoms with Gasteiger partial charge in [-0.15, -0.1) is 0 Å². The van der Waals surface area contributed by atoms with Gasteiger partial charge in [-0.1, -0.05) is 23.2 Å². The quantitative estimate of drug-likeness (QED) is 0.732. The van der Waals surface area contributed by atoms with Gasteiger partial charge >= 0.3 is 12.1 Å². The maximum absolute atomic E-state index is 12.6. The lowest BCUT2D eigenvalue weighted by Gasteiger charge is -2.23. The summed E-state index contributed by atoms with van der Waals surface area (Å²) in [5.74, 6) is 0.606. The predicted octanol–water partition coefficient (Wildman–Crippen LogP) is 4.70. The highest BCUT2D eigenvalue weighted by atomic mass is 35.5. The monoisotopic (exact) mass is 397 g/mol. The molecule has 2 N–H and O–H groups in total. The van der Waals surface area contributed by atoms with Crippen LogP contribution in [0.3, 0.4) is 0 Å². The minimum atomic E-state index is -0.771. The van der Waals surface area contributed by atoms with Gasteiger partial charge in [-0.2, -0.15) is 5.01 Å². The van der Waals surface area contributed by atoms with Crippen molar-refractivity contribution >= 4 is 46.7 Å². The first kappa shape index (κ1) is 19.7. The molecule has 0 aliphatic rings. The number of amides is 3. The van der Waals surface area contributed by atoms with Gasteiger partial charge in [0.2, 0.25) is 0 Å². The van der Waals surface area contributed by atoms with Crippen LogP contribution < -0.4 is 20.5 Å². The molecule has 9 heteroatoms. The molecule has 0 aromatic heterocycles. The van der Waals surface area contributed by atoms with Gasteiger partial charge in [0, 0.05) is 5.69 Å². The van der Waals surface area contributed by atoms with Crippen LogP contribution in [0.4, 0.5) is 21.0 Å². The van der Waals surface area contributed by atoms with Crippen LogP contribution in [0, 0.1) is 0 Å². The number of urea groups is 1. The fourth-order valence-electron chi connectivity index (χ4n) is 1.97. The fourth-order valence-corrected chi connectivity index (χ4v) is 2.27. The molecule has 2 aromatic carbocycles. The van der Waals surface area contributed by atoms with E-state index in [4.69, 9.17) is 32.7 Å². The normalized spacial score (nSPS) is 10.0. The zero-order chi connectivity index (χ0) is 19.1. The van der Waals surface area contributed by atoms with E-state index in [1.54, 1.807) is 43.3 Å². The number of hydrazine groups is 1. The molecule has 0 radical (unpaired) electrons. The molecule has 0 aliphatic carbocycles. The second kappa shape index (κ2) is 9.17. The zero-order valence-electron chi connectivity index (χ0n) is 14.1. The largest absolute Gasteiger partial charge is 0.497 e. The average molecular weight is 398 g/mol. The van der Waals surface area contributed by atoms with Crippen molar-refractivity contribution in [3.05, 3.63) is 52.5 Å². The number of anilines is 2. The third-order valence-electron chi connectivity index (χ3n) is 3.18. The van der Waals surface area contributed by atoms with Crippen LogP contribution in [0.5, 0.6) is 5.75 Å². The lowest BCUT2D eigenvalue weighted by Crippen LogP contribution is -2.48. The Balaban J connectivity index is 2.24. The van der Waals surface area contributed by atoms with Crippen molar-refractivity contribution < 1.29 is 19.1 Å². The standard InChI is InChI=1S/C17H17Cl2N3O4/c1-3-26-17(24)21-22(12-5-7-13(25-2)8-6-12)16(23)20-11-4-9-14(18)15(19)10-11/h4-10H,3H2,1-2H3,(H,20,23)(H,21,24). The Labute approximate surface area is 160 Å². The molecule has 0 fully saturated rings. The van der Waals surface area contributed by atoms with Crippen LogP contribution in [-0.4, -0.2) is 25.8 Å². The molecule has 0 unspecified atom stereocenters. The predicted molar refractivity (Wildman–Crippen MR) is 101 cm³/mol. The van der Waals surface area contributed by atoms with Gasteiger partial charge in [0.1, 0.15) is 5.75 Å². The number of nitrogens with one attached hydrogen (secondary N) is 2. The molecule has 0 spiro atoms. The Kier molecular flexibility index (Phi) is 6.94. The highest BCUT2D eigenvalue weighted by Crippen LogP contribution is 2.25. The highest BCUT2D eigenvalue weighted by molar-refractivity contribution is 6.42. The third-order valence-corrected chi connectivity index (χ3v) is 3.92. The number of hydrogen-bond acceptors (Lipinski definition) is 4. The maximum Gasteiger partial charge on any atom is 0.426 e. The van der Waals surface area contributed by atoms with Crippen LogP contribution in [-0.2, 0) is 4.74 Å². The summed E-state index contributed by atoms with van der Waals surface area (Å²) in [6.45, 7) is 1.82. The molecule has 2 aromatic rings. The van der Waals surface area contributed by atoms with E-state index in [2.05, 4.69) is 10.7 Å². The van der Waals surface area contributed by atoms with Crippen LogP contribution >= 0.6 is 23.2 Å². The summed E-state index contributed by atoms with van der Waals surface area (Å²) in [7, 11) is 1.53. The number of benzene rings is 2. The first-order valence-electron chi connectivity index (χ1n) is 7.58. The second-order valence-electron chi connectivity index (χ2n) is 4.92. The molecular weight excluding hydrogens is 381 g/mol. The fraction of sp³-hybridized carbons (Fsp3) is 0.176. The average Bonchev–Trinajstić information content (AvgIpc) is 2.63. The highest BCUT2D eigenvalue weighted by Gasteiger charge is 2.20. The number of carbonyl (C=O) groups is 2. The summed E-state index contributed by atoms with van der Waals surface area (Å²) in [4.78, 5) is 24.4. The first-order chi connectivity index (χ1) is 12.4. The van der Waals surface area contributed by atoms with Crippen molar-refractivity contribution in [2.45, 2.75) is 6.92 Å². The Morgan fingerprint density at radius 1 is 1.08 bits per heavy atom. The van der Waals surface area contributed by atoms with Crippen LogP contribution in [0.25, 0.3) is 0 Å². The Hall–Kier alpha value is -2.64. The lowest BCUT2D eigenvalue weighted by molar-refractivity contribution is 0.151. The van der Waals surface area contributed by atoms with Crippen molar-refractivity contribution in [1.29, 1.82) is 0 Å². The number of rotatable bonds is 4. The number of methoxy groups -OCH3 is 1. The number of ether oxygens (including phenoxy) is 2. The molecule has 26 heavy (non-hydrogen) atoms. The van der Waals surface area contributed by atoms with E-state index in [-0.39, 0.29) is 6.61 Å². The van der Waals surface area contributed by atoms with Crippen molar-refractivity contribution in [2.75, 3.05) is 24.0 Å². The van der Waals surface area contributed by atoms with Gasteiger partial charge in [0.25, 0.3) is 0 Å². The summed E-state index contributed by atoms with van der Waals surface area (Å²) >= 11 is 11.8. The first-order valence-corrected chi connectivity index (χ1v) is 8.33. The lowest BCUT2D eigenvalue weighted by atomic mass is 10.3. The molecular formula is C17H17Cl2N3O4. The molecule has 138 valence electrons. The summed E-state index contributed by atoms with van der Waals surface area (Å²) in [6, 6.07) is 10.5. The van der Waals surface area contributed by atoms with Gasteiger partial charge in [0.05, 0.1) is 29.4 Å². The molecule has 3 amide bonds. The minimum absolute atomic E-state index is 0.163. The number of nitrogens with zero attached hydrogens (tertiary/aromatic N) is 1. The smallest absolute Gasteiger partial charge is 0.426 e. The Morgan fingerprint density at radius 3 is 2.35 bits per heavy atom. The van der Waals surface area contributed by atoms with E-state index in [0.717, 1.165) is 5.01 Å². The number of carbonyl (C=O) groups excluding carboxylic acids is 2. The van der Waals surface area contributed by atoms with Gasteiger partial charge in [0.15, 0.2) is 0 Å². The van der Waals surface area contributed by atoms with E-state index < -0.39 is 12.1 Å². The van der Waals surface area contributed by atoms with E-state index in [9.17, 15) is 9.59 Å². The Morgan fingerprint density at radius 2 is 1.77 bits per heavy atom. The SMILES string of the molecule is CCOC(=O)NN(C(=O)Nc1ccc(Cl)c(Cl)c1)c1ccc(OC)cc1. The molecule has 0 atom stereocenters. The van der Waals surface area contributed by atoms with Gasteiger partial charge < -0.3 is 14.8 Å². The van der Waals surface area contributed by atoms with Gasteiger partial charge in [-0.3, -0.25) is 0 Å². The maximum atomic E-state index is 12.6. The van der Waals surface area contributed by atoms with Crippen molar-refractivity contribution in [3.8, 4) is 5.75 Å². The Bertz CT molecular complexity index is 784. The van der Waals surface area contributed by atoms with Crippen molar-refractivity contribution in [2.24, 2.45) is 0 Å². The van der Waals surface area contributed by atoms with Crippen LogP contribution in [0.2, 0.25) is 10.0 Å². The number of hydrogen-bond donors (Lipinski definition) is 2. The van der Waals surface area contributed by atoms with Crippen molar-refractivity contribution in [3.63, 3.8) is 0 Å². The van der Waals surface area contributed by atoms with E-state index in [1.165, 1.54) is 13.2 Å². The molecule has 0 bridgehead atoms. The summed E-state index contributed by atoms with van der Waals surface area (Å²) in [5.41, 5.74) is 3.19. The third kappa shape index (κ3) is 5.18. The van der Waals surface area contributed by atoms with Gasteiger partial charge in [-0.25, -0.2) is 15.0 Å². The minimum Gasteiger partial charge on any atom is -0.497 e. The molecule has 0 aliphatic heterocycles. The van der Waals surface area contributed by atoms with Crippen LogP contribution in [0.15, 0.2) is 42.5 Å². The van der Waals surface area contributed by atoms with E-state index in [1.807, 2.05) is 0 Å². The zero-order valence-corrected chi connectivity index (χ0v) is 15.6. The van der Waals surface area contributed by atoms with E-state index in [0.29, 0.717) is 27.2 Å². The second-order valence-corrected chi connectivity index (χ2v) is 5.74. The molecule has 0 saturated heterocycles. The topological polar surface area (TPSA) is 79.9 Å².